The van der Waals surface area contributed by atoms with Gasteiger partial charge in [-0.15, -0.1) is 0 Å². The van der Waals surface area contributed by atoms with Gasteiger partial charge in [-0.25, -0.2) is 9.59 Å². The summed E-state index contributed by atoms with van der Waals surface area (Å²) in [7, 11) is 0. The summed E-state index contributed by atoms with van der Waals surface area (Å²) in [5.41, 5.74) is 0. The van der Waals surface area contributed by atoms with E-state index in [9.17, 15) is 0 Å². The Morgan fingerprint density at radius 2 is 1.73 bits per heavy atom. The van der Waals surface area contributed by atoms with Crippen LogP contribution in [0.5, 0.6) is 5.75 Å². The first kappa shape index (κ1) is 22.5. The third kappa shape index (κ3) is 9.27. The summed E-state index contributed by atoms with van der Waals surface area (Å²) in [6.45, 7) is 6.80. The van der Waals surface area contributed by atoms with E-state index in [2.05, 4.69) is 11.8 Å². The minimum atomic E-state index is -1.82. The van der Waals surface area contributed by atoms with E-state index in [1.54, 1.807) is 12.1 Å². The number of hydrogen-bond acceptors (Lipinski definition) is 4. The zero-order chi connectivity index (χ0) is 19.5. The number of unbranched alkanes of at least 4 members (excludes halogenated alkanes) is 1. The zero-order valence-electron chi connectivity index (χ0n) is 14.8. The van der Waals surface area contributed by atoms with Crippen LogP contribution in [-0.2, 0) is 9.59 Å². The van der Waals surface area contributed by atoms with Gasteiger partial charge in [0, 0.05) is 6.07 Å². The number of ether oxygens (including phenoxy) is 1. The van der Waals surface area contributed by atoms with Crippen LogP contribution in [0.15, 0.2) is 18.2 Å². The van der Waals surface area contributed by atoms with Crippen molar-refractivity contribution in [2.24, 2.45) is 5.92 Å². The molecule has 2 rings (SSSR count). The van der Waals surface area contributed by atoms with Crippen molar-refractivity contribution >= 4 is 35.1 Å². The molecule has 1 aromatic rings. The maximum absolute atomic E-state index is 9.10. The molecule has 1 aliphatic heterocycles. The van der Waals surface area contributed by atoms with Gasteiger partial charge in [-0.05, 0) is 63.4 Å². The number of hydrogen-bond donors (Lipinski definition) is 2. The second-order valence-electron chi connectivity index (χ2n) is 6.27. The molecule has 0 spiro atoms. The van der Waals surface area contributed by atoms with Crippen LogP contribution in [0.1, 0.15) is 32.6 Å². The largest absolute Gasteiger partial charge is 0.494 e. The average Bonchev–Trinajstić information content (AvgIpc) is 2.60. The van der Waals surface area contributed by atoms with Crippen LogP contribution in [0, 0.1) is 5.92 Å². The molecule has 6 nitrogen and oxygen atoms in total. The highest BCUT2D eigenvalue weighted by molar-refractivity contribution is 6.42. The molecule has 0 bridgehead atoms. The fraction of sp³-hybridized carbons (Fsp3) is 0.556. The lowest BCUT2D eigenvalue weighted by Gasteiger charge is -2.30. The minimum Gasteiger partial charge on any atom is -0.494 e. The summed E-state index contributed by atoms with van der Waals surface area (Å²) < 4.78 is 5.69. The van der Waals surface area contributed by atoms with Gasteiger partial charge >= 0.3 is 11.9 Å². The third-order valence-electron chi connectivity index (χ3n) is 4.09. The molecule has 0 amide bonds. The summed E-state index contributed by atoms with van der Waals surface area (Å²) in [4.78, 5) is 20.8. The lowest BCUT2D eigenvalue weighted by atomic mass is 9.99. The molecule has 1 heterocycles. The van der Waals surface area contributed by atoms with E-state index < -0.39 is 11.9 Å². The van der Waals surface area contributed by atoms with Crippen molar-refractivity contribution in [1.82, 2.24) is 4.90 Å². The lowest BCUT2D eigenvalue weighted by Crippen LogP contribution is -2.33. The van der Waals surface area contributed by atoms with Gasteiger partial charge in [0.05, 0.1) is 16.7 Å². The Bertz CT molecular complexity index is 577. The van der Waals surface area contributed by atoms with Gasteiger partial charge in [0.15, 0.2) is 0 Å². The highest BCUT2D eigenvalue weighted by atomic mass is 35.5. The van der Waals surface area contributed by atoms with Crippen LogP contribution in [0.2, 0.25) is 10.0 Å². The molecule has 146 valence electrons. The Labute approximate surface area is 163 Å². The van der Waals surface area contributed by atoms with Gasteiger partial charge in [0.1, 0.15) is 5.75 Å². The molecule has 26 heavy (non-hydrogen) atoms. The van der Waals surface area contributed by atoms with Gasteiger partial charge < -0.3 is 19.8 Å². The summed E-state index contributed by atoms with van der Waals surface area (Å²) in [6.07, 6.45) is 4.96. The van der Waals surface area contributed by atoms with E-state index in [0.29, 0.717) is 10.0 Å². The summed E-state index contributed by atoms with van der Waals surface area (Å²) >= 11 is 11.8. The van der Waals surface area contributed by atoms with Crippen molar-refractivity contribution in [3.05, 3.63) is 28.2 Å². The Hall–Kier alpha value is -1.50. The normalized spacial score (nSPS) is 15.0. The van der Waals surface area contributed by atoms with Crippen molar-refractivity contribution < 1.29 is 24.5 Å². The van der Waals surface area contributed by atoms with Crippen LogP contribution in [0.25, 0.3) is 0 Å². The quantitative estimate of drug-likeness (QED) is 0.548. The van der Waals surface area contributed by atoms with Crippen molar-refractivity contribution in [2.75, 3.05) is 26.2 Å². The number of piperidine rings is 1. The van der Waals surface area contributed by atoms with E-state index in [-0.39, 0.29) is 0 Å². The number of aliphatic carboxylic acids is 2. The van der Waals surface area contributed by atoms with Gasteiger partial charge in [0.25, 0.3) is 0 Å². The number of likely N-dealkylation sites (tertiary alicyclic amines) is 1. The Kier molecular flexibility index (Phi) is 10.4. The minimum absolute atomic E-state index is 0.548. The second kappa shape index (κ2) is 12.0. The fourth-order valence-corrected chi connectivity index (χ4v) is 2.77. The maximum Gasteiger partial charge on any atom is 0.414 e. The Morgan fingerprint density at radius 1 is 1.12 bits per heavy atom. The number of halogens is 2. The Balaban J connectivity index is 0.000000487. The van der Waals surface area contributed by atoms with E-state index in [4.69, 9.17) is 47.7 Å². The molecular weight excluding hydrogens is 381 g/mol. The first-order valence-electron chi connectivity index (χ1n) is 8.56. The van der Waals surface area contributed by atoms with E-state index in [0.717, 1.165) is 24.7 Å². The van der Waals surface area contributed by atoms with Gasteiger partial charge in [-0.2, -0.15) is 0 Å². The van der Waals surface area contributed by atoms with Crippen molar-refractivity contribution in [3.63, 3.8) is 0 Å². The van der Waals surface area contributed by atoms with Crippen molar-refractivity contribution in [2.45, 2.75) is 32.6 Å². The molecule has 0 saturated carbocycles. The van der Waals surface area contributed by atoms with Gasteiger partial charge in [-0.3, -0.25) is 0 Å². The molecule has 0 radical (unpaired) electrons. The first-order valence-corrected chi connectivity index (χ1v) is 9.31. The van der Waals surface area contributed by atoms with Crippen molar-refractivity contribution in [1.29, 1.82) is 0 Å². The standard InChI is InChI=1S/C16H23Cl2NO.C2H2O4/c1-13-6-9-19(10-7-13)8-2-3-11-20-14-4-5-15(17)16(18)12-14;3-1(4)2(5)6/h4-5,12-13H,2-3,6-11H2,1H3;(H,3,4)(H,5,6). The molecule has 2 N–H and O–H groups in total. The van der Waals surface area contributed by atoms with E-state index in [1.807, 2.05) is 6.07 Å². The Morgan fingerprint density at radius 3 is 2.27 bits per heavy atom. The maximum atomic E-state index is 9.10. The molecule has 0 aliphatic carbocycles. The van der Waals surface area contributed by atoms with Gasteiger partial charge in [0.2, 0.25) is 0 Å². The van der Waals surface area contributed by atoms with Crippen LogP contribution >= 0.6 is 23.2 Å². The average molecular weight is 406 g/mol. The number of rotatable bonds is 6. The third-order valence-corrected chi connectivity index (χ3v) is 4.83. The summed E-state index contributed by atoms with van der Waals surface area (Å²) in [5.74, 6) is -1.94. The van der Waals surface area contributed by atoms with Crippen LogP contribution in [0.4, 0.5) is 0 Å². The molecule has 0 atom stereocenters. The van der Waals surface area contributed by atoms with Crippen LogP contribution < -0.4 is 4.74 Å². The number of carboxylic acid groups (broad SMARTS) is 2. The SMILES string of the molecule is CC1CCN(CCCCOc2ccc(Cl)c(Cl)c2)CC1.O=C(O)C(=O)O. The van der Waals surface area contributed by atoms with Crippen LogP contribution in [-0.4, -0.2) is 53.3 Å². The molecule has 1 fully saturated rings. The second-order valence-corrected chi connectivity index (χ2v) is 7.08. The zero-order valence-corrected chi connectivity index (χ0v) is 16.3. The number of nitrogens with zero attached hydrogens (tertiary/aromatic N) is 1. The molecular formula is C18H25Cl2NO5. The van der Waals surface area contributed by atoms with Gasteiger partial charge in [-0.1, -0.05) is 30.1 Å². The van der Waals surface area contributed by atoms with Crippen molar-refractivity contribution in [3.8, 4) is 5.75 Å². The number of carboxylic acids is 2. The first-order chi connectivity index (χ1) is 12.3. The monoisotopic (exact) mass is 405 g/mol. The topological polar surface area (TPSA) is 87.1 Å². The van der Waals surface area contributed by atoms with E-state index >= 15 is 0 Å². The fourth-order valence-electron chi connectivity index (χ4n) is 2.48. The smallest absolute Gasteiger partial charge is 0.414 e. The number of carbonyl (C=O) groups is 2. The highest BCUT2D eigenvalue weighted by Crippen LogP contribution is 2.26. The molecule has 0 aromatic heterocycles. The lowest BCUT2D eigenvalue weighted by molar-refractivity contribution is -0.159. The predicted octanol–water partition coefficient (Wildman–Crippen LogP) is 4.04. The molecule has 1 aliphatic rings. The predicted molar refractivity (Wildman–Crippen MR) is 101 cm³/mol. The molecule has 1 saturated heterocycles. The highest BCUT2D eigenvalue weighted by Gasteiger charge is 2.14. The molecule has 1 aromatic carbocycles. The summed E-state index contributed by atoms with van der Waals surface area (Å²) in [5, 5.41) is 15.9. The number of benzene rings is 1. The molecule has 0 unspecified atom stereocenters. The van der Waals surface area contributed by atoms with Crippen LogP contribution in [0.3, 0.4) is 0 Å². The molecule has 8 heteroatoms. The van der Waals surface area contributed by atoms with E-state index in [1.165, 1.54) is 38.9 Å². The summed E-state index contributed by atoms with van der Waals surface area (Å²) in [6, 6.07) is 5.41.